The van der Waals surface area contributed by atoms with E-state index in [2.05, 4.69) is 37.8 Å². The second kappa shape index (κ2) is 14.7. The first-order valence-electron chi connectivity index (χ1n) is 11.1. The molecule has 0 heterocycles. The van der Waals surface area contributed by atoms with Crippen LogP contribution in [0, 0.1) is 29.6 Å². The number of ether oxygens (including phenoxy) is 1. The van der Waals surface area contributed by atoms with Crippen molar-refractivity contribution in [3.8, 4) is 12.1 Å². The van der Waals surface area contributed by atoms with E-state index >= 15 is 0 Å². The van der Waals surface area contributed by atoms with Gasteiger partial charge in [0.25, 0.3) is 0 Å². The van der Waals surface area contributed by atoms with Gasteiger partial charge in [-0.2, -0.15) is 10.5 Å². The molecule has 0 aliphatic rings. The third kappa shape index (κ3) is 8.71. The zero-order valence-electron chi connectivity index (χ0n) is 18.7. The highest BCUT2D eigenvalue weighted by Gasteiger charge is 2.18. The number of unbranched alkanes of at least 4 members (excludes halogenated alkanes) is 2. The maximum absolute atomic E-state index is 9.02. The summed E-state index contributed by atoms with van der Waals surface area (Å²) in [5, 5.41) is 18.0. The quantitative estimate of drug-likeness (QED) is 0.270. The molecule has 4 heteroatoms. The fraction of sp³-hybridized carbons (Fsp3) is 0.600. The molecule has 0 N–H and O–H groups in total. The van der Waals surface area contributed by atoms with Crippen LogP contribution >= 0.6 is 0 Å². The molecule has 0 unspecified atom stereocenters. The van der Waals surface area contributed by atoms with Crippen molar-refractivity contribution in [3.05, 3.63) is 34.9 Å². The van der Waals surface area contributed by atoms with Crippen LogP contribution in [0.3, 0.4) is 0 Å². The van der Waals surface area contributed by atoms with Crippen LogP contribution < -0.4 is 4.90 Å². The Hall–Kier alpha value is -2.30. The van der Waals surface area contributed by atoms with Gasteiger partial charge in [0.1, 0.15) is 17.7 Å². The van der Waals surface area contributed by atoms with Gasteiger partial charge in [-0.1, -0.05) is 52.5 Å². The molecular weight excluding hydrogens is 358 g/mol. The van der Waals surface area contributed by atoms with Gasteiger partial charge >= 0.3 is 0 Å². The predicted octanol–water partition coefficient (Wildman–Crippen LogP) is 6.41. The first-order valence-corrected chi connectivity index (χ1v) is 11.1. The number of rotatable bonds is 14. The molecule has 0 saturated carbocycles. The fourth-order valence-electron chi connectivity index (χ4n) is 3.61. The lowest BCUT2D eigenvalue weighted by Gasteiger charge is -2.34. The van der Waals surface area contributed by atoms with Gasteiger partial charge < -0.3 is 9.64 Å². The van der Waals surface area contributed by atoms with E-state index in [0.717, 1.165) is 63.0 Å². The molecule has 0 radical (unpaired) electrons. The number of allylic oxidation sites excluding steroid dienone is 1. The van der Waals surface area contributed by atoms with Crippen LogP contribution in [0.4, 0.5) is 5.69 Å². The van der Waals surface area contributed by atoms with E-state index in [-0.39, 0.29) is 5.57 Å². The molecule has 1 rings (SSSR count). The van der Waals surface area contributed by atoms with Crippen LogP contribution in [-0.4, -0.2) is 25.8 Å². The molecular formula is C25H37N3O. The summed E-state index contributed by atoms with van der Waals surface area (Å²) in [7, 11) is 0. The minimum Gasteiger partial charge on any atom is -0.380 e. The third-order valence-corrected chi connectivity index (χ3v) is 5.18. The Bertz CT molecular complexity index is 690. The average molecular weight is 396 g/mol. The largest absolute Gasteiger partial charge is 0.380 e. The summed E-state index contributed by atoms with van der Waals surface area (Å²) < 4.78 is 5.91. The van der Waals surface area contributed by atoms with Crippen LogP contribution in [-0.2, 0) is 4.74 Å². The van der Waals surface area contributed by atoms with Crippen molar-refractivity contribution in [2.45, 2.75) is 78.7 Å². The van der Waals surface area contributed by atoms with Crippen molar-refractivity contribution >= 4 is 11.8 Å². The number of hydrogen-bond acceptors (Lipinski definition) is 4. The second-order valence-electron chi connectivity index (χ2n) is 7.57. The van der Waals surface area contributed by atoms with E-state index in [9.17, 15) is 0 Å². The monoisotopic (exact) mass is 395 g/mol. The van der Waals surface area contributed by atoms with E-state index in [1.54, 1.807) is 6.08 Å². The highest BCUT2D eigenvalue weighted by atomic mass is 16.5. The lowest BCUT2D eigenvalue weighted by molar-refractivity contribution is 0.134. The minimum absolute atomic E-state index is 0.132. The molecule has 0 atom stereocenters. The number of nitrogens with zero attached hydrogens (tertiary/aromatic N) is 3. The topological polar surface area (TPSA) is 60.0 Å². The van der Waals surface area contributed by atoms with Crippen molar-refractivity contribution in [2.24, 2.45) is 0 Å². The predicted molar refractivity (Wildman–Crippen MR) is 122 cm³/mol. The lowest BCUT2D eigenvalue weighted by atomic mass is 10.0. The molecule has 0 saturated heterocycles. The first-order chi connectivity index (χ1) is 14.1. The molecule has 29 heavy (non-hydrogen) atoms. The molecule has 0 amide bonds. The summed E-state index contributed by atoms with van der Waals surface area (Å²) in [5.74, 6) is 0. The van der Waals surface area contributed by atoms with Crippen molar-refractivity contribution in [1.82, 2.24) is 0 Å². The number of benzene rings is 1. The van der Waals surface area contributed by atoms with E-state index < -0.39 is 0 Å². The molecule has 0 aromatic heterocycles. The summed E-state index contributed by atoms with van der Waals surface area (Å²) >= 11 is 0. The zero-order chi connectivity index (χ0) is 21.5. The van der Waals surface area contributed by atoms with Crippen LogP contribution in [0.1, 0.15) is 76.8 Å². The second-order valence-corrected chi connectivity index (χ2v) is 7.57. The van der Waals surface area contributed by atoms with E-state index in [0.29, 0.717) is 6.04 Å². The van der Waals surface area contributed by atoms with E-state index in [1.807, 2.05) is 25.1 Å². The van der Waals surface area contributed by atoms with Gasteiger partial charge in [0.2, 0.25) is 0 Å². The maximum atomic E-state index is 9.02. The van der Waals surface area contributed by atoms with Gasteiger partial charge in [-0.3, -0.25) is 0 Å². The Balaban J connectivity index is 3.01. The maximum Gasteiger partial charge on any atom is 0.130 e. The molecule has 0 fully saturated rings. The molecule has 4 nitrogen and oxygen atoms in total. The molecule has 158 valence electrons. The van der Waals surface area contributed by atoms with Gasteiger partial charge in [0.15, 0.2) is 0 Å². The highest BCUT2D eigenvalue weighted by molar-refractivity contribution is 5.66. The summed E-state index contributed by atoms with van der Waals surface area (Å²) in [6, 6.07) is 10.7. The van der Waals surface area contributed by atoms with Crippen LogP contribution in [0.2, 0.25) is 0 Å². The van der Waals surface area contributed by atoms with Crippen LogP contribution in [0.5, 0.6) is 0 Å². The SMILES string of the molecule is CCCCCOCCN(c1ccc(C=C(C#N)C#N)c(C)c1)C(CCC)CCC. The molecule has 1 aromatic carbocycles. The van der Waals surface area contributed by atoms with Gasteiger partial charge in [-0.25, -0.2) is 0 Å². The summed E-state index contributed by atoms with van der Waals surface area (Å²) in [5.41, 5.74) is 3.32. The number of nitriles is 2. The average Bonchev–Trinajstić information content (AvgIpc) is 2.72. The number of aryl methyl sites for hydroxylation is 1. The zero-order valence-corrected chi connectivity index (χ0v) is 18.7. The van der Waals surface area contributed by atoms with Crippen molar-refractivity contribution in [3.63, 3.8) is 0 Å². The first kappa shape index (κ1) is 24.7. The Morgan fingerprint density at radius 3 is 2.28 bits per heavy atom. The molecule has 0 bridgehead atoms. The number of anilines is 1. The van der Waals surface area contributed by atoms with Gasteiger partial charge in [0, 0.05) is 24.9 Å². The minimum atomic E-state index is 0.132. The standard InChI is InChI=1S/C25H37N3O/c1-5-8-9-15-29-16-14-28(24(10-6-2)11-7-3)25-13-12-23(21(4)17-25)18-22(19-26)20-27/h12-13,17-18,24H,5-11,14-16H2,1-4H3. The van der Waals surface area contributed by atoms with Crippen molar-refractivity contribution in [2.75, 3.05) is 24.7 Å². The molecule has 0 spiro atoms. The normalized spacial score (nSPS) is 10.4. The number of hydrogen-bond donors (Lipinski definition) is 0. The lowest BCUT2D eigenvalue weighted by Crippen LogP contribution is -2.38. The Kier molecular flexibility index (Phi) is 12.5. The summed E-state index contributed by atoms with van der Waals surface area (Å²) in [4.78, 5) is 2.49. The van der Waals surface area contributed by atoms with Crippen molar-refractivity contribution < 1.29 is 4.74 Å². The summed E-state index contributed by atoms with van der Waals surface area (Å²) in [6.07, 6.45) is 9.87. The molecule has 1 aromatic rings. The Morgan fingerprint density at radius 2 is 1.72 bits per heavy atom. The van der Waals surface area contributed by atoms with E-state index in [4.69, 9.17) is 15.3 Å². The Labute approximate surface area is 177 Å². The van der Waals surface area contributed by atoms with Gasteiger partial charge in [0.05, 0.1) is 6.61 Å². The third-order valence-electron chi connectivity index (χ3n) is 5.18. The smallest absolute Gasteiger partial charge is 0.130 e. The highest BCUT2D eigenvalue weighted by Crippen LogP contribution is 2.26. The van der Waals surface area contributed by atoms with Gasteiger partial charge in [-0.05, 0) is 55.5 Å². The van der Waals surface area contributed by atoms with E-state index in [1.165, 1.54) is 18.5 Å². The Morgan fingerprint density at radius 1 is 1.03 bits per heavy atom. The van der Waals surface area contributed by atoms with Crippen molar-refractivity contribution in [1.29, 1.82) is 10.5 Å². The van der Waals surface area contributed by atoms with Gasteiger partial charge in [-0.15, -0.1) is 0 Å². The van der Waals surface area contributed by atoms with Crippen LogP contribution in [0.15, 0.2) is 23.8 Å². The summed E-state index contributed by atoms with van der Waals surface area (Å²) in [6.45, 7) is 11.2. The fourth-order valence-corrected chi connectivity index (χ4v) is 3.61. The van der Waals surface area contributed by atoms with Crippen LogP contribution in [0.25, 0.3) is 6.08 Å². The molecule has 0 aliphatic carbocycles. The molecule has 0 aliphatic heterocycles.